The highest BCUT2D eigenvalue weighted by Gasteiger charge is 2.37. The number of carbonyl (C=O) groups is 2. The number of rotatable bonds is 8. The van der Waals surface area contributed by atoms with Crippen molar-refractivity contribution in [2.24, 2.45) is 7.05 Å². The number of nitrogens with one attached hydrogen (secondary N) is 1. The summed E-state index contributed by atoms with van der Waals surface area (Å²) < 4.78 is 10.3. The van der Waals surface area contributed by atoms with Crippen LogP contribution >= 0.6 is 11.6 Å². The number of hydrogen-bond donors (Lipinski definition) is 2. The lowest BCUT2D eigenvalue weighted by Gasteiger charge is -2.34. The van der Waals surface area contributed by atoms with Gasteiger partial charge in [0.25, 0.3) is 5.91 Å². The third-order valence-corrected chi connectivity index (χ3v) is 10.5. The second-order valence-electron chi connectivity index (χ2n) is 13.4. The van der Waals surface area contributed by atoms with Gasteiger partial charge in [0.1, 0.15) is 11.4 Å². The van der Waals surface area contributed by atoms with Gasteiger partial charge in [0.05, 0.1) is 33.9 Å². The van der Waals surface area contributed by atoms with E-state index in [9.17, 15) is 14.7 Å². The topological polar surface area (TPSA) is 105 Å². The van der Waals surface area contributed by atoms with Gasteiger partial charge in [0, 0.05) is 59.1 Å². The van der Waals surface area contributed by atoms with Crippen molar-refractivity contribution in [3.8, 4) is 16.9 Å². The normalized spacial score (nSPS) is 14.7. The molecule has 7 rings (SSSR count). The van der Waals surface area contributed by atoms with Gasteiger partial charge < -0.3 is 23.9 Å². The molecule has 3 aromatic heterocycles. The Balaban J connectivity index is 1.36. The van der Waals surface area contributed by atoms with Gasteiger partial charge in [0.2, 0.25) is 0 Å². The number of H-pyrrole nitrogens is 1. The van der Waals surface area contributed by atoms with Crippen LogP contribution in [0, 0.1) is 34.6 Å². The fraction of sp³-hybridized carbons (Fsp3) is 0.308. The molecule has 3 aromatic carbocycles. The minimum Gasteiger partial charge on any atom is -0.494 e. The number of carbonyl (C=O) groups excluding carboxylic acids is 1. The van der Waals surface area contributed by atoms with Crippen molar-refractivity contribution in [3.63, 3.8) is 0 Å². The number of hydrogen-bond acceptors (Lipinski definition) is 4. The maximum absolute atomic E-state index is 14.8. The fourth-order valence-corrected chi connectivity index (χ4v) is 7.76. The third kappa shape index (κ3) is 5.27. The summed E-state index contributed by atoms with van der Waals surface area (Å²) in [6.45, 7) is 13.2. The second kappa shape index (κ2) is 12.1. The van der Waals surface area contributed by atoms with Gasteiger partial charge in [-0.15, -0.1) is 0 Å². The first-order valence-corrected chi connectivity index (χ1v) is 17.0. The summed E-state index contributed by atoms with van der Waals surface area (Å²) >= 11 is 7.01. The third-order valence-electron chi connectivity index (χ3n) is 10.2. The van der Waals surface area contributed by atoms with Gasteiger partial charge >= 0.3 is 5.97 Å². The maximum Gasteiger partial charge on any atom is 0.336 e. The van der Waals surface area contributed by atoms with Crippen molar-refractivity contribution < 1.29 is 19.4 Å². The molecule has 1 amide bonds. The molecule has 49 heavy (non-hydrogen) atoms. The molecule has 6 aromatic rings. The predicted molar refractivity (Wildman–Crippen MR) is 195 cm³/mol. The number of nitrogens with zero attached hydrogens (tertiary/aromatic N) is 4. The molecule has 0 fully saturated rings. The van der Waals surface area contributed by atoms with Crippen molar-refractivity contribution >= 4 is 51.0 Å². The number of aromatic nitrogens is 4. The Bertz CT molecular complexity index is 2280. The summed E-state index contributed by atoms with van der Waals surface area (Å²) in [5, 5.41) is 19.9. The lowest BCUT2D eigenvalue weighted by Crippen LogP contribution is -2.42. The number of ether oxygens (including phenoxy) is 1. The van der Waals surface area contributed by atoms with Crippen molar-refractivity contribution in [2.75, 3.05) is 18.1 Å². The summed E-state index contributed by atoms with van der Waals surface area (Å²) in [7, 11) is 1.88. The van der Waals surface area contributed by atoms with E-state index in [2.05, 4.69) is 54.6 Å². The lowest BCUT2D eigenvalue weighted by molar-refractivity contribution is 0.0698. The standard InChI is InChI=1S/C39H40ClN5O4/c1-20-15-27(16-21(2)23(20)4)49-14-8-9-29-30-10-11-32(40)35(34-24(5)41-42-25(34)6)36(30)45-22(3)19-44(38(46)37(29)45)26-17-31(39(47)48)28-12-13-43(7)33(28)18-26/h10-13,15-18,22H,8-9,14,19H2,1-7H3,(H,41,42)(H,47,48)/t22-/m0/s1. The largest absolute Gasteiger partial charge is 0.494 e. The molecule has 1 aliphatic rings. The van der Waals surface area contributed by atoms with Crippen LogP contribution in [0.15, 0.2) is 48.7 Å². The lowest BCUT2D eigenvalue weighted by atomic mass is 9.98. The average molecular weight is 678 g/mol. The Morgan fingerprint density at radius 1 is 1.04 bits per heavy atom. The molecule has 9 nitrogen and oxygen atoms in total. The molecule has 0 unspecified atom stereocenters. The van der Waals surface area contributed by atoms with Gasteiger partial charge in [-0.25, -0.2) is 4.79 Å². The highest BCUT2D eigenvalue weighted by molar-refractivity contribution is 6.35. The van der Waals surface area contributed by atoms with E-state index in [-0.39, 0.29) is 17.5 Å². The number of aryl methyl sites for hydroxylation is 6. The molecular formula is C39H40ClN5O4. The van der Waals surface area contributed by atoms with E-state index < -0.39 is 5.97 Å². The van der Waals surface area contributed by atoms with Crippen LogP contribution in [0.3, 0.4) is 0 Å². The Kier molecular flexibility index (Phi) is 8.06. The number of aromatic carboxylic acids is 1. The molecule has 10 heteroatoms. The van der Waals surface area contributed by atoms with Gasteiger partial charge in [-0.05, 0) is 113 Å². The van der Waals surface area contributed by atoms with E-state index in [0.29, 0.717) is 47.8 Å². The van der Waals surface area contributed by atoms with Gasteiger partial charge in [-0.1, -0.05) is 17.7 Å². The van der Waals surface area contributed by atoms with Crippen molar-refractivity contribution in [3.05, 3.63) is 98.6 Å². The van der Waals surface area contributed by atoms with Crippen LogP contribution in [0.2, 0.25) is 5.02 Å². The zero-order valence-corrected chi connectivity index (χ0v) is 29.6. The molecule has 0 radical (unpaired) electrons. The first kappa shape index (κ1) is 32.5. The van der Waals surface area contributed by atoms with Crippen LogP contribution in [-0.2, 0) is 13.5 Å². The minimum absolute atomic E-state index is 0.152. The van der Waals surface area contributed by atoms with E-state index in [1.807, 2.05) is 49.9 Å². The van der Waals surface area contributed by atoms with Crippen molar-refractivity contribution in [2.45, 2.75) is 60.4 Å². The Morgan fingerprint density at radius 3 is 2.45 bits per heavy atom. The molecule has 0 saturated carbocycles. The van der Waals surface area contributed by atoms with E-state index in [4.69, 9.17) is 16.3 Å². The van der Waals surface area contributed by atoms with Crippen molar-refractivity contribution in [1.29, 1.82) is 0 Å². The number of carboxylic acids is 1. The summed E-state index contributed by atoms with van der Waals surface area (Å²) in [5.41, 5.74) is 11.0. The molecule has 0 bridgehead atoms. The number of aromatic amines is 1. The molecule has 0 aliphatic carbocycles. The summed E-state index contributed by atoms with van der Waals surface area (Å²) in [5.74, 6) is -0.373. The monoisotopic (exact) mass is 677 g/mol. The molecule has 1 atom stereocenters. The van der Waals surface area contributed by atoms with E-state index in [1.165, 1.54) is 16.7 Å². The van der Waals surface area contributed by atoms with Crippen LogP contribution in [0.25, 0.3) is 32.9 Å². The zero-order chi connectivity index (χ0) is 34.9. The summed E-state index contributed by atoms with van der Waals surface area (Å²) in [6, 6.07) is 13.2. The molecule has 4 heterocycles. The van der Waals surface area contributed by atoms with Crippen LogP contribution in [-0.4, -0.2) is 49.5 Å². The quantitative estimate of drug-likeness (QED) is 0.157. The predicted octanol–water partition coefficient (Wildman–Crippen LogP) is 8.65. The Hall–Kier alpha value is -5.02. The highest BCUT2D eigenvalue weighted by Crippen LogP contribution is 2.45. The minimum atomic E-state index is -1.03. The number of halogens is 1. The SMILES string of the molecule is Cc1cc(OCCCc2c3n(c4c(-c5c(C)n[nH]c5C)c(Cl)ccc24)[C@@H](C)CN(c2cc(C(=O)O)c4ccn(C)c4c2)C3=O)cc(C)c1C. The zero-order valence-electron chi connectivity index (χ0n) is 28.9. The van der Waals surface area contributed by atoms with E-state index in [1.54, 1.807) is 17.0 Å². The second-order valence-corrected chi connectivity index (χ2v) is 13.8. The number of anilines is 1. The molecule has 0 spiro atoms. The van der Waals surface area contributed by atoms with Crippen LogP contribution in [0.4, 0.5) is 5.69 Å². The van der Waals surface area contributed by atoms with Crippen LogP contribution in [0.5, 0.6) is 5.75 Å². The van der Waals surface area contributed by atoms with E-state index in [0.717, 1.165) is 50.2 Å². The van der Waals surface area contributed by atoms with Gasteiger partial charge in [0.15, 0.2) is 0 Å². The molecule has 1 aliphatic heterocycles. The average Bonchev–Trinajstić information content (AvgIpc) is 3.72. The fourth-order valence-electron chi connectivity index (χ4n) is 7.52. The summed E-state index contributed by atoms with van der Waals surface area (Å²) in [4.78, 5) is 28.9. The van der Waals surface area contributed by atoms with Crippen LogP contribution < -0.4 is 9.64 Å². The Morgan fingerprint density at radius 2 is 1.78 bits per heavy atom. The number of carboxylic acid groups (broad SMARTS) is 1. The smallest absolute Gasteiger partial charge is 0.336 e. The first-order valence-electron chi connectivity index (χ1n) is 16.6. The molecule has 0 saturated heterocycles. The first-order chi connectivity index (χ1) is 23.4. The molecule has 2 N–H and O–H groups in total. The van der Waals surface area contributed by atoms with E-state index >= 15 is 0 Å². The molecular weight excluding hydrogens is 638 g/mol. The van der Waals surface area contributed by atoms with Crippen LogP contribution in [0.1, 0.15) is 73.9 Å². The Labute approximate surface area is 290 Å². The number of amides is 1. The number of benzene rings is 3. The van der Waals surface area contributed by atoms with Gasteiger partial charge in [-0.3, -0.25) is 9.89 Å². The number of fused-ring (bicyclic) bond motifs is 4. The van der Waals surface area contributed by atoms with Crippen molar-refractivity contribution in [1.82, 2.24) is 19.3 Å². The van der Waals surface area contributed by atoms with Gasteiger partial charge in [-0.2, -0.15) is 5.10 Å². The highest BCUT2D eigenvalue weighted by atomic mass is 35.5. The summed E-state index contributed by atoms with van der Waals surface area (Å²) in [6.07, 6.45) is 3.11. The maximum atomic E-state index is 14.8. The molecule has 252 valence electrons.